The van der Waals surface area contributed by atoms with Gasteiger partial charge in [-0.2, -0.15) is 10.4 Å². The summed E-state index contributed by atoms with van der Waals surface area (Å²) in [6, 6.07) is 21.8. The van der Waals surface area contributed by atoms with Crippen molar-refractivity contribution in [3.05, 3.63) is 88.6 Å². The number of fused-ring (bicyclic) bond motifs is 1. The minimum Gasteiger partial charge on any atom is -0.493 e. The Balaban J connectivity index is 1.67. The third kappa shape index (κ3) is 4.33. The van der Waals surface area contributed by atoms with E-state index in [9.17, 15) is 5.26 Å². The molecule has 0 aliphatic carbocycles. The maximum Gasteiger partial charge on any atom is 0.162 e. The van der Waals surface area contributed by atoms with Crippen LogP contribution in [-0.4, -0.2) is 17.3 Å². The summed E-state index contributed by atoms with van der Waals surface area (Å²) in [7, 11) is 1.63. The Morgan fingerprint density at radius 2 is 1.72 bits per heavy atom. The highest BCUT2D eigenvalue weighted by atomic mass is 16.5. The molecule has 1 N–H and O–H groups in total. The molecule has 0 spiro atoms. The second-order valence-corrected chi connectivity index (χ2v) is 7.51. The molecule has 0 unspecified atom stereocenters. The van der Waals surface area contributed by atoms with Gasteiger partial charge in [0.05, 0.1) is 24.4 Å². The van der Waals surface area contributed by atoms with Gasteiger partial charge in [0.1, 0.15) is 6.61 Å². The zero-order valence-electron chi connectivity index (χ0n) is 18.3. The molecule has 0 aliphatic rings. The van der Waals surface area contributed by atoms with Crippen molar-refractivity contribution in [2.75, 3.05) is 12.4 Å². The second kappa shape index (κ2) is 9.36. The first kappa shape index (κ1) is 21.1. The van der Waals surface area contributed by atoms with Crippen LogP contribution in [0.25, 0.3) is 10.8 Å². The molecule has 1 heterocycles. The SMILES string of the molecule is COc1cc2c(C)nnc(NCc3cccc(C#N)c3C)c2cc1OCc1ccccc1. The lowest BCUT2D eigenvalue weighted by molar-refractivity contribution is 0.285. The van der Waals surface area contributed by atoms with Crippen molar-refractivity contribution in [1.29, 1.82) is 5.26 Å². The molecule has 0 aliphatic heterocycles. The number of nitrogens with zero attached hydrogens (tertiary/aromatic N) is 3. The van der Waals surface area contributed by atoms with Crippen LogP contribution in [-0.2, 0) is 13.2 Å². The van der Waals surface area contributed by atoms with E-state index in [2.05, 4.69) is 21.6 Å². The zero-order valence-corrected chi connectivity index (χ0v) is 18.3. The van der Waals surface area contributed by atoms with Crippen molar-refractivity contribution in [2.45, 2.75) is 27.0 Å². The molecule has 160 valence electrons. The number of methoxy groups -OCH3 is 1. The Kier molecular flexibility index (Phi) is 6.18. The van der Waals surface area contributed by atoms with Crippen molar-refractivity contribution >= 4 is 16.6 Å². The maximum atomic E-state index is 9.29. The molecule has 0 amide bonds. The zero-order chi connectivity index (χ0) is 22.5. The normalized spacial score (nSPS) is 10.6. The minimum absolute atomic E-state index is 0.434. The van der Waals surface area contributed by atoms with Crippen LogP contribution in [0, 0.1) is 25.2 Å². The van der Waals surface area contributed by atoms with Crippen LogP contribution in [0.1, 0.15) is 27.9 Å². The van der Waals surface area contributed by atoms with Gasteiger partial charge in [0, 0.05) is 17.3 Å². The average Bonchev–Trinajstić information content (AvgIpc) is 2.83. The highest BCUT2D eigenvalue weighted by molar-refractivity contribution is 5.95. The molecule has 0 atom stereocenters. The summed E-state index contributed by atoms with van der Waals surface area (Å²) in [5.41, 5.74) is 4.55. The number of hydrogen-bond acceptors (Lipinski definition) is 6. The number of benzene rings is 3. The first-order valence-electron chi connectivity index (χ1n) is 10.3. The minimum atomic E-state index is 0.434. The van der Waals surface area contributed by atoms with Gasteiger partial charge in [-0.1, -0.05) is 42.5 Å². The van der Waals surface area contributed by atoms with Crippen LogP contribution in [0.4, 0.5) is 5.82 Å². The number of rotatable bonds is 7. The highest BCUT2D eigenvalue weighted by Crippen LogP contribution is 2.36. The van der Waals surface area contributed by atoms with Crippen LogP contribution in [0.2, 0.25) is 0 Å². The van der Waals surface area contributed by atoms with Gasteiger partial charge in [0.15, 0.2) is 17.3 Å². The van der Waals surface area contributed by atoms with Gasteiger partial charge in [-0.3, -0.25) is 0 Å². The summed E-state index contributed by atoms with van der Waals surface area (Å²) < 4.78 is 11.7. The summed E-state index contributed by atoms with van der Waals surface area (Å²) in [6.45, 7) is 4.84. The number of anilines is 1. The first-order chi connectivity index (χ1) is 15.6. The summed E-state index contributed by atoms with van der Waals surface area (Å²) in [4.78, 5) is 0. The molecule has 3 aromatic carbocycles. The molecule has 6 heteroatoms. The fourth-order valence-electron chi connectivity index (χ4n) is 3.60. The Morgan fingerprint density at radius 3 is 2.47 bits per heavy atom. The fourth-order valence-corrected chi connectivity index (χ4v) is 3.60. The number of ether oxygens (including phenoxy) is 2. The molecular weight excluding hydrogens is 400 g/mol. The quantitative estimate of drug-likeness (QED) is 0.433. The Bertz CT molecular complexity index is 1300. The molecule has 0 radical (unpaired) electrons. The monoisotopic (exact) mass is 424 g/mol. The van der Waals surface area contributed by atoms with Crippen molar-refractivity contribution < 1.29 is 9.47 Å². The van der Waals surface area contributed by atoms with Crippen LogP contribution in [0.5, 0.6) is 11.5 Å². The van der Waals surface area contributed by atoms with E-state index in [1.165, 1.54) is 0 Å². The van der Waals surface area contributed by atoms with Crippen LogP contribution >= 0.6 is 0 Å². The van der Waals surface area contributed by atoms with E-state index < -0.39 is 0 Å². The molecule has 1 aromatic heterocycles. The number of nitriles is 1. The molecule has 6 nitrogen and oxygen atoms in total. The van der Waals surface area contributed by atoms with Gasteiger partial charge in [0.2, 0.25) is 0 Å². The number of nitrogens with one attached hydrogen (secondary N) is 1. The third-order valence-corrected chi connectivity index (χ3v) is 5.50. The summed E-state index contributed by atoms with van der Waals surface area (Å²) >= 11 is 0. The molecule has 4 aromatic rings. The predicted octanol–water partition coefficient (Wildman–Crippen LogP) is 5.32. The van der Waals surface area contributed by atoms with E-state index in [1.807, 2.05) is 74.5 Å². The molecule has 0 saturated carbocycles. The Morgan fingerprint density at radius 1 is 0.938 bits per heavy atom. The van der Waals surface area contributed by atoms with Gasteiger partial charge in [-0.15, -0.1) is 5.10 Å². The second-order valence-electron chi connectivity index (χ2n) is 7.51. The van der Waals surface area contributed by atoms with E-state index in [0.29, 0.717) is 36.0 Å². The fraction of sp³-hybridized carbons (Fsp3) is 0.192. The van der Waals surface area contributed by atoms with E-state index in [0.717, 1.165) is 33.2 Å². The van der Waals surface area contributed by atoms with Crippen LogP contribution < -0.4 is 14.8 Å². The smallest absolute Gasteiger partial charge is 0.162 e. The van der Waals surface area contributed by atoms with E-state index in [1.54, 1.807) is 7.11 Å². The lowest BCUT2D eigenvalue weighted by Gasteiger charge is -2.15. The molecule has 4 rings (SSSR count). The van der Waals surface area contributed by atoms with E-state index in [-0.39, 0.29) is 0 Å². The van der Waals surface area contributed by atoms with Crippen LogP contribution in [0.3, 0.4) is 0 Å². The van der Waals surface area contributed by atoms with Crippen molar-refractivity contribution in [2.24, 2.45) is 0 Å². The van der Waals surface area contributed by atoms with Gasteiger partial charge in [0.25, 0.3) is 0 Å². The molecule has 0 fully saturated rings. The molecule has 0 bridgehead atoms. The number of hydrogen-bond donors (Lipinski definition) is 1. The lowest BCUT2D eigenvalue weighted by atomic mass is 10.0. The van der Waals surface area contributed by atoms with Crippen molar-refractivity contribution in [3.63, 3.8) is 0 Å². The van der Waals surface area contributed by atoms with Gasteiger partial charge >= 0.3 is 0 Å². The number of aromatic nitrogens is 2. The van der Waals surface area contributed by atoms with Crippen molar-refractivity contribution in [3.8, 4) is 17.6 Å². The van der Waals surface area contributed by atoms with Gasteiger partial charge in [-0.25, -0.2) is 0 Å². The van der Waals surface area contributed by atoms with Gasteiger partial charge < -0.3 is 14.8 Å². The maximum absolute atomic E-state index is 9.29. The lowest BCUT2D eigenvalue weighted by Crippen LogP contribution is -2.06. The molecular formula is C26H24N4O2. The summed E-state index contributed by atoms with van der Waals surface area (Å²) in [5, 5.41) is 23.2. The summed E-state index contributed by atoms with van der Waals surface area (Å²) in [5.74, 6) is 1.94. The number of aryl methyl sites for hydroxylation is 1. The van der Waals surface area contributed by atoms with Crippen LogP contribution in [0.15, 0.2) is 60.7 Å². The first-order valence-corrected chi connectivity index (χ1v) is 10.3. The van der Waals surface area contributed by atoms with Gasteiger partial charge in [-0.05, 0) is 48.7 Å². The predicted molar refractivity (Wildman–Crippen MR) is 125 cm³/mol. The Hall–Kier alpha value is -4.11. The topological polar surface area (TPSA) is 80.1 Å². The van der Waals surface area contributed by atoms with Crippen molar-refractivity contribution in [1.82, 2.24) is 10.2 Å². The molecule has 32 heavy (non-hydrogen) atoms. The van der Waals surface area contributed by atoms with E-state index >= 15 is 0 Å². The summed E-state index contributed by atoms with van der Waals surface area (Å²) in [6.07, 6.45) is 0. The standard InChI is InChI=1S/C26H24N4O2/c1-17-20(14-27)10-7-11-21(17)15-28-26-23-13-25(32-16-19-8-5-4-6-9-19)24(31-3)12-22(23)18(2)29-30-26/h4-13H,15-16H2,1-3H3,(H,28,30). The third-order valence-electron chi connectivity index (χ3n) is 5.50. The average molecular weight is 425 g/mol. The molecule has 0 saturated heterocycles. The van der Waals surface area contributed by atoms with E-state index in [4.69, 9.17) is 9.47 Å². The largest absolute Gasteiger partial charge is 0.493 e. The highest BCUT2D eigenvalue weighted by Gasteiger charge is 2.14. The Labute approximate surface area is 187 Å².